The van der Waals surface area contributed by atoms with Crippen LogP contribution in [0, 0.1) is 6.92 Å². The molecule has 0 fully saturated rings. The SMILES string of the molecule is C=c1ccc(-c2cn[nH]c2-c2cccc(C)n2)n/c1=C(/C=C\C)CCCCCC1=CCCOCC1. The summed E-state index contributed by atoms with van der Waals surface area (Å²) in [5.41, 5.74) is 7.35. The molecule has 1 aliphatic heterocycles. The second-order valence-corrected chi connectivity index (χ2v) is 9.13. The Morgan fingerprint density at radius 1 is 1.09 bits per heavy atom. The molecule has 182 valence electrons. The van der Waals surface area contributed by atoms with Crippen LogP contribution in [0.15, 0.2) is 60.3 Å². The van der Waals surface area contributed by atoms with Crippen molar-refractivity contribution in [2.45, 2.75) is 58.8 Å². The minimum Gasteiger partial charge on any atom is -0.381 e. The fourth-order valence-corrected chi connectivity index (χ4v) is 4.58. The van der Waals surface area contributed by atoms with Gasteiger partial charge in [0.25, 0.3) is 0 Å². The van der Waals surface area contributed by atoms with Crippen molar-refractivity contribution in [3.8, 4) is 22.6 Å². The molecular weight excluding hydrogens is 432 g/mol. The maximum absolute atomic E-state index is 5.56. The monoisotopic (exact) mass is 468 g/mol. The molecule has 5 nitrogen and oxygen atoms in total. The highest BCUT2D eigenvalue weighted by atomic mass is 16.5. The number of aromatic amines is 1. The Morgan fingerprint density at radius 2 is 2.00 bits per heavy atom. The summed E-state index contributed by atoms with van der Waals surface area (Å²) in [4.78, 5) is 9.73. The van der Waals surface area contributed by atoms with E-state index in [1.165, 1.54) is 24.8 Å². The summed E-state index contributed by atoms with van der Waals surface area (Å²) in [5, 5.41) is 9.33. The number of ether oxygens (including phenoxy) is 1. The van der Waals surface area contributed by atoms with E-state index in [-0.39, 0.29) is 0 Å². The predicted octanol–water partition coefficient (Wildman–Crippen LogP) is 5.67. The van der Waals surface area contributed by atoms with Crippen molar-refractivity contribution < 1.29 is 4.74 Å². The van der Waals surface area contributed by atoms with Crippen LogP contribution in [-0.2, 0) is 4.74 Å². The lowest BCUT2D eigenvalue weighted by Gasteiger charge is -2.07. The van der Waals surface area contributed by atoms with Crippen LogP contribution in [0.3, 0.4) is 0 Å². The van der Waals surface area contributed by atoms with E-state index in [0.717, 1.165) is 77.8 Å². The molecule has 1 N–H and O–H groups in total. The van der Waals surface area contributed by atoms with Crippen LogP contribution in [0.4, 0.5) is 0 Å². The third-order valence-electron chi connectivity index (χ3n) is 6.42. The molecule has 1 aliphatic rings. The molecule has 0 bridgehead atoms. The number of hydrogen-bond donors (Lipinski definition) is 1. The summed E-state index contributed by atoms with van der Waals surface area (Å²) < 4.78 is 5.56. The van der Waals surface area contributed by atoms with Gasteiger partial charge in [0, 0.05) is 11.3 Å². The van der Waals surface area contributed by atoms with Crippen LogP contribution in [0.1, 0.15) is 57.6 Å². The fraction of sp³-hybridized carbons (Fsp3) is 0.367. The zero-order valence-corrected chi connectivity index (χ0v) is 21.0. The molecule has 4 heterocycles. The summed E-state index contributed by atoms with van der Waals surface area (Å²) in [6.07, 6.45) is 16.4. The van der Waals surface area contributed by atoms with Gasteiger partial charge in [-0.05, 0) is 81.4 Å². The van der Waals surface area contributed by atoms with Crippen LogP contribution in [0.5, 0.6) is 0 Å². The molecule has 3 aromatic heterocycles. The first-order valence-electron chi connectivity index (χ1n) is 12.7. The van der Waals surface area contributed by atoms with Crippen LogP contribution in [0.2, 0.25) is 0 Å². The molecule has 0 saturated heterocycles. The Bertz CT molecular complexity index is 1300. The first-order valence-corrected chi connectivity index (χ1v) is 12.7. The van der Waals surface area contributed by atoms with Crippen molar-refractivity contribution >= 4 is 12.2 Å². The number of nitrogens with one attached hydrogen (secondary N) is 1. The average Bonchev–Trinajstić information content (AvgIpc) is 3.21. The van der Waals surface area contributed by atoms with Gasteiger partial charge in [-0.25, -0.2) is 4.98 Å². The Labute approximate surface area is 208 Å². The van der Waals surface area contributed by atoms with E-state index in [4.69, 9.17) is 9.72 Å². The van der Waals surface area contributed by atoms with Gasteiger partial charge in [0.2, 0.25) is 0 Å². The second kappa shape index (κ2) is 12.4. The Balaban J connectivity index is 1.53. The van der Waals surface area contributed by atoms with Crippen molar-refractivity contribution in [1.82, 2.24) is 20.2 Å². The molecule has 0 aliphatic carbocycles. The standard InChI is InChI=1S/C30H36N4O/c1-4-10-25(14-7-5-6-12-24-13-9-19-35-20-18-24)29-22(2)16-17-27(33-29)26-21-31-34-30(26)28-15-8-11-23(3)32-28/h4,8,10-11,13,15-17,21H,2,5-7,9,12,14,18-20H2,1,3H3,(H,31,34)/b10-4-,29-25-. The molecule has 35 heavy (non-hydrogen) atoms. The molecule has 4 rings (SSSR count). The summed E-state index contributed by atoms with van der Waals surface area (Å²) in [7, 11) is 0. The highest BCUT2D eigenvalue weighted by Gasteiger charge is 2.13. The zero-order chi connectivity index (χ0) is 24.5. The van der Waals surface area contributed by atoms with Crippen molar-refractivity contribution in [3.05, 3.63) is 76.6 Å². The summed E-state index contributed by atoms with van der Waals surface area (Å²) in [5.74, 6) is 0. The quantitative estimate of drug-likeness (QED) is 0.325. The number of H-pyrrole nitrogens is 1. The molecule has 0 atom stereocenters. The third kappa shape index (κ3) is 6.64. The van der Waals surface area contributed by atoms with Gasteiger partial charge in [0.1, 0.15) is 0 Å². The molecule has 3 aromatic rings. The number of hydrogen-bond acceptors (Lipinski definition) is 4. The van der Waals surface area contributed by atoms with Crippen LogP contribution < -0.4 is 10.6 Å². The topological polar surface area (TPSA) is 63.7 Å². The smallest absolute Gasteiger partial charge is 0.0928 e. The maximum atomic E-state index is 5.56. The normalized spacial score (nSPS) is 15.2. The minimum atomic E-state index is 0.867. The molecule has 0 amide bonds. The Hall–Kier alpha value is -3.31. The van der Waals surface area contributed by atoms with Crippen LogP contribution in [0.25, 0.3) is 34.8 Å². The van der Waals surface area contributed by atoms with Crippen LogP contribution in [-0.4, -0.2) is 33.4 Å². The predicted molar refractivity (Wildman–Crippen MR) is 144 cm³/mol. The van der Waals surface area contributed by atoms with Crippen molar-refractivity contribution in [2.75, 3.05) is 13.2 Å². The average molecular weight is 469 g/mol. The highest BCUT2D eigenvalue weighted by Crippen LogP contribution is 2.27. The fourth-order valence-electron chi connectivity index (χ4n) is 4.58. The van der Waals surface area contributed by atoms with Crippen molar-refractivity contribution in [2.24, 2.45) is 0 Å². The number of aryl methyl sites for hydroxylation is 1. The van der Waals surface area contributed by atoms with Gasteiger partial charge >= 0.3 is 0 Å². The van der Waals surface area contributed by atoms with Crippen LogP contribution >= 0.6 is 0 Å². The lowest BCUT2D eigenvalue weighted by atomic mass is 10.0. The lowest BCUT2D eigenvalue weighted by Crippen LogP contribution is -2.29. The molecule has 0 spiro atoms. The van der Waals surface area contributed by atoms with Gasteiger partial charge in [-0.2, -0.15) is 5.10 Å². The maximum Gasteiger partial charge on any atom is 0.0928 e. The third-order valence-corrected chi connectivity index (χ3v) is 6.42. The zero-order valence-electron chi connectivity index (χ0n) is 21.0. The van der Waals surface area contributed by atoms with Gasteiger partial charge in [-0.15, -0.1) is 0 Å². The molecular formula is C30H36N4O. The van der Waals surface area contributed by atoms with E-state index >= 15 is 0 Å². The van der Waals surface area contributed by atoms with Crippen molar-refractivity contribution in [3.63, 3.8) is 0 Å². The molecule has 0 radical (unpaired) electrons. The highest BCUT2D eigenvalue weighted by molar-refractivity contribution is 5.76. The van der Waals surface area contributed by atoms with Gasteiger partial charge in [0.15, 0.2) is 0 Å². The minimum absolute atomic E-state index is 0.867. The van der Waals surface area contributed by atoms with E-state index in [2.05, 4.69) is 53.0 Å². The number of rotatable bonds is 9. The Morgan fingerprint density at radius 3 is 2.86 bits per heavy atom. The largest absolute Gasteiger partial charge is 0.381 e. The van der Waals surface area contributed by atoms with E-state index in [9.17, 15) is 0 Å². The van der Waals surface area contributed by atoms with E-state index in [1.54, 1.807) is 5.57 Å². The number of unbranched alkanes of at least 4 members (excludes halogenated alkanes) is 2. The van der Waals surface area contributed by atoms with Gasteiger partial charge in [-0.3, -0.25) is 10.1 Å². The molecule has 0 unspecified atom stereocenters. The number of nitrogens with zero attached hydrogens (tertiary/aromatic N) is 3. The number of aromatic nitrogens is 4. The number of pyridine rings is 2. The lowest BCUT2D eigenvalue weighted by molar-refractivity contribution is 0.146. The van der Waals surface area contributed by atoms with E-state index in [1.807, 2.05) is 37.4 Å². The molecule has 0 aromatic carbocycles. The van der Waals surface area contributed by atoms with E-state index < -0.39 is 0 Å². The first-order chi connectivity index (χ1) is 17.2. The van der Waals surface area contributed by atoms with E-state index in [0.29, 0.717) is 0 Å². The molecule has 0 saturated carbocycles. The Kier molecular flexibility index (Phi) is 8.79. The molecule has 5 heteroatoms. The van der Waals surface area contributed by atoms with Gasteiger partial charge in [-0.1, -0.05) is 48.9 Å². The number of allylic oxidation sites excluding steroid dienone is 2. The summed E-state index contributed by atoms with van der Waals surface area (Å²) in [6.45, 7) is 10.1. The first kappa shape index (κ1) is 24.8. The summed E-state index contributed by atoms with van der Waals surface area (Å²) >= 11 is 0. The van der Waals surface area contributed by atoms with Gasteiger partial charge < -0.3 is 4.74 Å². The second-order valence-electron chi connectivity index (χ2n) is 9.13. The van der Waals surface area contributed by atoms with Crippen molar-refractivity contribution in [1.29, 1.82) is 0 Å². The van der Waals surface area contributed by atoms with Gasteiger partial charge in [0.05, 0.1) is 41.8 Å². The summed E-state index contributed by atoms with van der Waals surface area (Å²) in [6, 6.07) is 10.1.